The largest absolute Gasteiger partial charge is 0.388 e. The molecule has 3 aliphatic heterocycles. The molecule has 2 aromatic carbocycles. The molecule has 0 unspecified atom stereocenters. The average Bonchev–Trinajstić information content (AvgIpc) is 2.83. The number of piperidine rings is 3. The van der Waals surface area contributed by atoms with Crippen LogP contribution >= 0.6 is 23.2 Å². The van der Waals surface area contributed by atoms with Crippen molar-refractivity contribution in [2.75, 3.05) is 19.6 Å². The summed E-state index contributed by atoms with van der Waals surface area (Å²) in [6, 6.07) is 2.89. The molecule has 3 aliphatic rings. The maximum absolute atomic E-state index is 14.0. The lowest BCUT2D eigenvalue weighted by molar-refractivity contribution is -0.385. The number of nitro groups is 2. The minimum absolute atomic E-state index is 0.327. The van der Waals surface area contributed by atoms with E-state index in [1.807, 2.05) is 0 Å². The predicted molar refractivity (Wildman–Crippen MR) is 129 cm³/mol. The molecule has 0 aromatic heterocycles. The summed E-state index contributed by atoms with van der Waals surface area (Å²) in [4.78, 5) is 22.6. The topological polar surface area (TPSA) is 130 Å². The van der Waals surface area contributed by atoms with Crippen molar-refractivity contribution in [3.05, 3.63) is 77.3 Å². The Labute approximate surface area is 215 Å². The quantitative estimate of drug-likeness (QED) is 0.334. The molecule has 196 valence electrons. The van der Waals surface area contributed by atoms with Crippen LogP contribution in [0.5, 0.6) is 0 Å². The average molecular weight is 548 g/mol. The number of hydrogen-bond donors (Lipinski definition) is 2. The third-order valence-corrected chi connectivity index (χ3v) is 7.12. The maximum Gasteiger partial charge on any atom is 0.288 e. The van der Waals surface area contributed by atoms with Crippen molar-refractivity contribution in [1.82, 2.24) is 4.90 Å². The number of rotatable bonds is 7. The molecule has 2 bridgehead atoms. The molecule has 2 aromatic rings. The fourth-order valence-corrected chi connectivity index (χ4v) is 4.83. The number of fused-ring (bicyclic) bond motifs is 3. The van der Waals surface area contributed by atoms with Crippen molar-refractivity contribution < 1.29 is 28.8 Å². The van der Waals surface area contributed by atoms with Crippen LogP contribution in [0.2, 0.25) is 10.0 Å². The number of hydrogen-bond acceptors (Lipinski definition) is 7. The molecule has 0 saturated carbocycles. The zero-order valence-corrected chi connectivity index (χ0v) is 20.6. The fourth-order valence-electron chi connectivity index (χ4n) is 4.39. The Morgan fingerprint density at radius 1 is 0.833 bits per heavy atom. The van der Waals surface area contributed by atoms with Gasteiger partial charge in [-0.3, -0.25) is 20.2 Å². The minimum Gasteiger partial charge on any atom is -0.388 e. The van der Waals surface area contributed by atoms with Crippen LogP contribution in [-0.2, 0) is 0 Å². The fraction of sp³-hybridized carbons (Fsp3) is 0.478. The monoisotopic (exact) mass is 547 g/mol. The number of nitrogens with zero attached hydrogens (tertiary/aromatic N) is 3. The highest BCUT2D eigenvalue weighted by Crippen LogP contribution is 2.35. The molecule has 0 aliphatic carbocycles. The molecule has 9 nitrogen and oxygen atoms in total. The van der Waals surface area contributed by atoms with E-state index >= 15 is 0 Å². The number of nitro benzene ring substituents is 2. The van der Waals surface area contributed by atoms with Crippen molar-refractivity contribution in [2.24, 2.45) is 5.92 Å². The van der Waals surface area contributed by atoms with E-state index < -0.39 is 66.2 Å². The van der Waals surface area contributed by atoms with Gasteiger partial charge in [0, 0.05) is 23.3 Å². The summed E-state index contributed by atoms with van der Waals surface area (Å²) in [7, 11) is 0. The second kappa shape index (κ2) is 12.2. The zero-order chi connectivity index (χ0) is 26.6. The normalized spacial score (nSPS) is 20.3. The number of aliphatic hydroxyl groups excluding tert-OH is 2. The van der Waals surface area contributed by atoms with Gasteiger partial charge in [0.25, 0.3) is 11.4 Å². The summed E-state index contributed by atoms with van der Waals surface area (Å²) < 4.78 is 27.9. The van der Waals surface area contributed by atoms with E-state index in [-0.39, 0.29) is 12.8 Å². The molecule has 0 amide bonds. The third-order valence-electron chi connectivity index (χ3n) is 6.52. The van der Waals surface area contributed by atoms with Crippen LogP contribution in [0, 0.1) is 37.8 Å². The molecule has 2 N–H and O–H groups in total. The van der Waals surface area contributed by atoms with Crippen molar-refractivity contribution in [2.45, 2.75) is 44.3 Å². The predicted octanol–water partition coefficient (Wildman–Crippen LogP) is 5.74. The number of halogens is 4. The molecular weight excluding hydrogens is 523 g/mol. The first-order chi connectivity index (χ1) is 17.0. The van der Waals surface area contributed by atoms with E-state index in [1.54, 1.807) is 0 Å². The van der Waals surface area contributed by atoms with Gasteiger partial charge in [0.2, 0.25) is 0 Å². The van der Waals surface area contributed by atoms with Gasteiger partial charge >= 0.3 is 0 Å². The lowest BCUT2D eigenvalue weighted by atomic mass is 9.89. The minimum atomic E-state index is -1.57. The Hall–Kier alpha value is -2.44. The third kappa shape index (κ3) is 6.86. The first kappa shape index (κ1) is 28.1. The maximum atomic E-state index is 14.0. The summed E-state index contributed by atoms with van der Waals surface area (Å²) in [5.41, 5.74) is -2.08. The number of aliphatic hydroxyl groups is 2. The Bertz CT molecular complexity index is 1030. The molecular formula is C23H25Cl2F2N3O6. The molecule has 3 saturated heterocycles. The first-order valence-electron chi connectivity index (χ1n) is 11.3. The van der Waals surface area contributed by atoms with Gasteiger partial charge < -0.3 is 15.1 Å². The smallest absolute Gasteiger partial charge is 0.288 e. The summed E-state index contributed by atoms with van der Waals surface area (Å²) in [6.45, 7) is 4.18. The summed E-state index contributed by atoms with van der Waals surface area (Å²) in [5, 5.41) is 41.1. The van der Waals surface area contributed by atoms with Crippen LogP contribution in [-0.4, -0.2) is 44.6 Å². The lowest BCUT2D eigenvalue weighted by Crippen LogP contribution is -2.41. The Morgan fingerprint density at radius 2 is 1.19 bits per heavy atom. The second-order valence-corrected chi connectivity index (χ2v) is 9.66. The van der Waals surface area contributed by atoms with E-state index in [9.17, 15) is 39.2 Å². The molecule has 36 heavy (non-hydrogen) atoms. The van der Waals surface area contributed by atoms with Gasteiger partial charge in [-0.05, 0) is 69.8 Å². The van der Waals surface area contributed by atoms with Crippen molar-refractivity contribution >= 4 is 34.6 Å². The molecule has 0 radical (unpaired) electrons. The highest BCUT2D eigenvalue weighted by atomic mass is 35.5. The van der Waals surface area contributed by atoms with Crippen molar-refractivity contribution in [3.8, 4) is 0 Å². The molecule has 13 heteroatoms. The van der Waals surface area contributed by atoms with Crippen LogP contribution < -0.4 is 0 Å². The summed E-state index contributed by atoms with van der Waals surface area (Å²) in [6.07, 6.45) is 0.659. The Balaban J connectivity index is 0.000000375. The van der Waals surface area contributed by atoms with Gasteiger partial charge in [0.05, 0.1) is 22.1 Å². The highest BCUT2D eigenvalue weighted by Gasteiger charge is 2.26. The van der Waals surface area contributed by atoms with E-state index in [0.29, 0.717) is 12.1 Å². The second-order valence-electron chi connectivity index (χ2n) is 8.85. The van der Waals surface area contributed by atoms with Gasteiger partial charge in [0.15, 0.2) is 0 Å². The number of benzene rings is 2. The van der Waals surface area contributed by atoms with E-state index in [4.69, 9.17) is 23.2 Å². The van der Waals surface area contributed by atoms with E-state index in [0.717, 1.165) is 18.1 Å². The molecule has 2 atom stereocenters. The SMILES string of the molecule is C1CN2CCC1CC2.O=[N+]([O-])c1cc([C@H](O)CC[C@H](O)c2cc([N+](=O)[O-])c(Cl)cc2F)c(F)cc1Cl. The molecule has 5 rings (SSSR count). The van der Waals surface area contributed by atoms with Crippen LogP contribution in [0.25, 0.3) is 0 Å². The summed E-state index contributed by atoms with van der Waals surface area (Å²) in [5.74, 6) is -0.878. The van der Waals surface area contributed by atoms with E-state index in [1.165, 1.54) is 38.9 Å². The van der Waals surface area contributed by atoms with E-state index in [2.05, 4.69) is 4.90 Å². The molecule has 0 spiro atoms. The standard InChI is InChI=1S/C16H12Cl2F2N2O6.C7H13N/c17-9-5-11(19)7(3-13(9)21(25)26)15(23)1-2-16(24)8-4-14(22(27)28)10(18)6-12(8)20;1-4-8-5-2-7(1)3-6-8/h3-6,15-16,23-24H,1-2H2;7H,1-6H2/t15-,16+;. The first-order valence-corrected chi connectivity index (χ1v) is 12.1. The van der Waals surface area contributed by atoms with Gasteiger partial charge in [-0.2, -0.15) is 0 Å². The summed E-state index contributed by atoms with van der Waals surface area (Å²) >= 11 is 11.1. The Kier molecular flexibility index (Phi) is 9.53. The van der Waals surface area contributed by atoms with Gasteiger partial charge in [-0.1, -0.05) is 23.2 Å². The van der Waals surface area contributed by atoms with Crippen LogP contribution in [0.4, 0.5) is 20.2 Å². The molecule has 3 heterocycles. The van der Waals surface area contributed by atoms with Gasteiger partial charge in [-0.25, -0.2) is 8.78 Å². The molecule has 3 fully saturated rings. The Morgan fingerprint density at radius 3 is 1.44 bits per heavy atom. The van der Waals surface area contributed by atoms with Gasteiger partial charge in [-0.15, -0.1) is 0 Å². The van der Waals surface area contributed by atoms with Crippen LogP contribution in [0.15, 0.2) is 24.3 Å². The van der Waals surface area contributed by atoms with Crippen LogP contribution in [0.3, 0.4) is 0 Å². The lowest BCUT2D eigenvalue weighted by Gasteiger charge is -2.38. The van der Waals surface area contributed by atoms with Gasteiger partial charge in [0.1, 0.15) is 21.7 Å². The zero-order valence-electron chi connectivity index (χ0n) is 19.1. The van der Waals surface area contributed by atoms with Crippen LogP contribution in [0.1, 0.15) is 55.4 Å². The van der Waals surface area contributed by atoms with Crippen molar-refractivity contribution in [1.29, 1.82) is 0 Å². The van der Waals surface area contributed by atoms with Crippen molar-refractivity contribution in [3.63, 3.8) is 0 Å². The highest BCUT2D eigenvalue weighted by molar-refractivity contribution is 6.33.